The predicted octanol–water partition coefficient (Wildman–Crippen LogP) is 9.77. The molecular formula is C29H53NO2Si. The van der Waals surface area contributed by atoms with Crippen LogP contribution in [0.5, 0.6) is 0 Å². The molecule has 1 aromatic rings. The Balaban J connectivity index is 1.75. The summed E-state index contributed by atoms with van der Waals surface area (Å²) in [4.78, 5) is 10.9. The van der Waals surface area contributed by atoms with Gasteiger partial charge in [0.25, 0.3) is 0 Å². The molecule has 0 spiro atoms. The number of benzene rings is 1. The monoisotopic (exact) mass is 475 g/mol. The standard InChI is InChI=1S/C29H53NO2Si/c1-33(2,3)26-20-18-16-14-12-10-8-6-4-5-7-9-11-13-15-17-19-25-30-28-23-21-27(22-24-28)29(31)32/h21-24,30H,4-20,25-26H2,1-3H3,(H,31,32). The van der Waals surface area contributed by atoms with Gasteiger partial charge in [0.05, 0.1) is 5.56 Å². The average Bonchev–Trinajstić information content (AvgIpc) is 2.77. The zero-order chi connectivity index (χ0) is 24.2. The van der Waals surface area contributed by atoms with Crippen molar-refractivity contribution in [1.29, 1.82) is 0 Å². The molecule has 0 radical (unpaired) electrons. The average molecular weight is 476 g/mol. The summed E-state index contributed by atoms with van der Waals surface area (Å²) in [6.45, 7) is 8.43. The third-order valence-electron chi connectivity index (χ3n) is 6.56. The zero-order valence-electron chi connectivity index (χ0n) is 22.1. The second kappa shape index (κ2) is 19.1. The third kappa shape index (κ3) is 18.8. The Labute approximate surface area is 206 Å². The van der Waals surface area contributed by atoms with Crippen molar-refractivity contribution in [2.45, 2.75) is 135 Å². The highest BCUT2D eigenvalue weighted by Gasteiger charge is 2.11. The van der Waals surface area contributed by atoms with E-state index in [0.717, 1.165) is 12.2 Å². The van der Waals surface area contributed by atoms with E-state index in [0.29, 0.717) is 5.56 Å². The van der Waals surface area contributed by atoms with Crippen molar-refractivity contribution in [3.63, 3.8) is 0 Å². The lowest BCUT2D eigenvalue weighted by Crippen LogP contribution is -2.18. The topological polar surface area (TPSA) is 49.3 Å². The van der Waals surface area contributed by atoms with Crippen LogP contribution in [-0.2, 0) is 0 Å². The van der Waals surface area contributed by atoms with Gasteiger partial charge in [0.1, 0.15) is 0 Å². The van der Waals surface area contributed by atoms with Crippen LogP contribution in [0.2, 0.25) is 25.7 Å². The number of aromatic carboxylic acids is 1. The van der Waals surface area contributed by atoms with Crippen molar-refractivity contribution in [2.24, 2.45) is 0 Å². The number of rotatable bonds is 22. The van der Waals surface area contributed by atoms with E-state index >= 15 is 0 Å². The van der Waals surface area contributed by atoms with Gasteiger partial charge in [-0.2, -0.15) is 0 Å². The predicted molar refractivity (Wildman–Crippen MR) is 149 cm³/mol. The number of hydrogen-bond donors (Lipinski definition) is 2. The highest BCUT2D eigenvalue weighted by molar-refractivity contribution is 6.76. The van der Waals surface area contributed by atoms with E-state index in [1.165, 1.54) is 115 Å². The van der Waals surface area contributed by atoms with E-state index in [9.17, 15) is 4.79 Å². The first kappa shape index (κ1) is 29.7. The lowest BCUT2D eigenvalue weighted by atomic mass is 10.0. The molecule has 0 fully saturated rings. The van der Waals surface area contributed by atoms with Crippen molar-refractivity contribution in [3.05, 3.63) is 29.8 Å². The van der Waals surface area contributed by atoms with Crippen molar-refractivity contribution >= 4 is 19.7 Å². The number of unbranched alkanes of at least 4 members (excludes halogenated alkanes) is 16. The maximum atomic E-state index is 10.9. The number of carboxylic acids is 1. The summed E-state index contributed by atoms with van der Waals surface area (Å²) in [5.41, 5.74) is 1.35. The quantitative estimate of drug-likeness (QED) is 0.130. The number of nitrogens with one attached hydrogen (secondary N) is 1. The fraction of sp³-hybridized carbons (Fsp3) is 0.759. The van der Waals surface area contributed by atoms with Crippen LogP contribution in [0.25, 0.3) is 0 Å². The van der Waals surface area contributed by atoms with Crippen molar-refractivity contribution in [3.8, 4) is 0 Å². The second-order valence-electron chi connectivity index (χ2n) is 11.1. The molecule has 0 saturated heterocycles. The largest absolute Gasteiger partial charge is 0.478 e. The Morgan fingerprint density at radius 2 is 1.00 bits per heavy atom. The molecule has 2 N–H and O–H groups in total. The molecule has 4 heteroatoms. The maximum Gasteiger partial charge on any atom is 0.335 e. The molecule has 1 aromatic carbocycles. The summed E-state index contributed by atoms with van der Waals surface area (Å²) in [7, 11) is -0.799. The van der Waals surface area contributed by atoms with Gasteiger partial charge in [0, 0.05) is 20.3 Å². The maximum absolute atomic E-state index is 10.9. The molecule has 190 valence electrons. The summed E-state index contributed by atoms with van der Waals surface area (Å²) < 4.78 is 0. The molecule has 1 rings (SSSR count). The number of hydrogen-bond acceptors (Lipinski definition) is 2. The number of carbonyl (C=O) groups is 1. The van der Waals surface area contributed by atoms with E-state index in [2.05, 4.69) is 25.0 Å². The second-order valence-corrected chi connectivity index (χ2v) is 16.8. The number of anilines is 1. The van der Waals surface area contributed by atoms with E-state index < -0.39 is 14.0 Å². The molecule has 0 aliphatic carbocycles. The Bertz CT molecular complexity index is 595. The SMILES string of the molecule is C[Si](C)(C)CCCCCCCCCCCCCCCCCCCNc1ccc(C(=O)O)cc1. The molecule has 0 amide bonds. The van der Waals surface area contributed by atoms with Crippen molar-refractivity contribution < 1.29 is 9.90 Å². The Hall–Kier alpha value is -1.29. The van der Waals surface area contributed by atoms with Gasteiger partial charge in [-0.3, -0.25) is 0 Å². The van der Waals surface area contributed by atoms with Crippen LogP contribution in [0, 0.1) is 0 Å². The van der Waals surface area contributed by atoms with Gasteiger partial charge in [-0.05, 0) is 30.7 Å². The normalized spacial score (nSPS) is 11.6. The van der Waals surface area contributed by atoms with Gasteiger partial charge in [-0.15, -0.1) is 0 Å². The minimum atomic E-state index is -0.870. The Morgan fingerprint density at radius 1 is 0.636 bits per heavy atom. The van der Waals surface area contributed by atoms with Gasteiger partial charge >= 0.3 is 5.97 Å². The molecule has 0 aliphatic heterocycles. The fourth-order valence-electron chi connectivity index (χ4n) is 4.40. The minimum absolute atomic E-state index is 0.342. The molecule has 0 atom stereocenters. The van der Waals surface area contributed by atoms with Gasteiger partial charge in [-0.25, -0.2) is 4.79 Å². The Kier molecular flexibility index (Phi) is 17.2. The molecule has 0 heterocycles. The summed E-state index contributed by atoms with van der Waals surface area (Å²) in [5.74, 6) is -0.870. The van der Waals surface area contributed by atoms with E-state index in [4.69, 9.17) is 5.11 Å². The molecule has 0 aromatic heterocycles. The smallest absolute Gasteiger partial charge is 0.335 e. The zero-order valence-corrected chi connectivity index (χ0v) is 23.1. The van der Waals surface area contributed by atoms with Crippen LogP contribution < -0.4 is 5.32 Å². The molecule has 3 nitrogen and oxygen atoms in total. The first-order valence-electron chi connectivity index (χ1n) is 14.0. The molecule has 0 bridgehead atoms. The number of carboxylic acid groups (broad SMARTS) is 1. The highest BCUT2D eigenvalue weighted by Crippen LogP contribution is 2.17. The lowest BCUT2D eigenvalue weighted by Gasteiger charge is -2.14. The first-order valence-corrected chi connectivity index (χ1v) is 17.7. The van der Waals surface area contributed by atoms with Crippen molar-refractivity contribution in [2.75, 3.05) is 11.9 Å². The highest BCUT2D eigenvalue weighted by atomic mass is 28.3. The van der Waals surface area contributed by atoms with E-state index in [-0.39, 0.29) is 0 Å². The van der Waals surface area contributed by atoms with Crippen LogP contribution in [0.3, 0.4) is 0 Å². The van der Waals surface area contributed by atoms with Gasteiger partial charge in [-0.1, -0.05) is 128 Å². The molecule has 0 unspecified atom stereocenters. The molecule has 0 aliphatic rings. The summed E-state index contributed by atoms with van der Waals surface area (Å²) >= 11 is 0. The molecular weight excluding hydrogens is 422 g/mol. The van der Waals surface area contributed by atoms with Crippen LogP contribution in [-0.4, -0.2) is 25.7 Å². The summed E-state index contributed by atoms with van der Waals surface area (Å²) in [6.07, 6.45) is 23.9. The molecule has 0 saturated carbocycles. The lowest BCUT2D eigenvalue weighted by molar-refractivity contribution is 0.0697. The van der Waals surface area contributed by atoms with Gasteiger partial charge in [0.15, 0.2) is 0 Å². The Morgan fingerprint density at radius 3 is 1.36 bits per heavy atom. The van der Waals surface area contributed by atoms with Crippen LogP contribution in [0.4, 0.5) is 5.69 Å². The van der Waals surface area contributed by atoms with E-state index in [1.807, 2.05) is 12.1 Å². The van der Waals surface area contributed by atoms with Crippen LogP contribution in [0.15, 0.2) is 24.3 Å². The summed E-state index contributed by atoms with van der Waals surface area (Å²) in [6, 6.07) is 8.52. The van der Waals surface area contributed by atoms with Gasteiger partial charge < -0.3 is 10.4 Å². The van der Waals surface area contributed by atoms with Crippen molar-refractivity contribution in [1.82, 2.24) is 0 Å². The van der Waals surface area contributed by atoms with E-state index in [1.54, 1.807) is 12.1 Å². The third-order valence-corrected chi connectivity index (χ3v) is 8.42. The molecule has 33 heavy (non-hydrogen) atoms. The summed E-state index contributed by atoms with van der Waals surface area (Å²) in [5, 5.41) is 12.3. The van der Waals surface area contributed by atoms with Crippen LogP contribution >= 0.6 is 0 Å². The van der Waals surface area contributed by atoms with Gasteiger partial charge in [0.2, 0.25) is 0 Å². The minimum Gasteiger partial charge on any atom is -0.478 e. The fourth-order valence-corrected chi connectivity index (χ4v) is 5.71. The first-order chi connectivity index (χ1) is 15.9. The van der Waals surface area contributed by atoms with Crippen LogP contribution in [0.1, 0.15) is 120 Å².